The van der Waals surface area contributed by atoms with Crippen molar-refractivity contribution in [3.05, 3.63) is 32.6 Å². The number of nitrogens with zero attached hydrogens (tertiary/aromatic N) is 3. The highest BCUT2D eigenvalue weighted by Crippen LogP contribution is 2.27. The summed E-state index contributed by atoms with van der Waals surface area (Å²) in [6, 6.07) is 0. The van der Waals surface area contributed by atoms with Gasteiger partial charge in [-0.1, -0.05) is 13.8 Å². The Morgan fingerprint density at radius 2 is 1.89 bits per heavy atom. The third kappa shape index (κ3) is 2.10. The van der Waals surface area contributed by atoms with Crippen LogP contribution in [0.4, 0.5) is 0 Å². The van der Waals surface area contributed by atoms with E-state index in [1.54, 1.807) is 25.0 Å². The van der Waals surface area contributed by atoms with Gasteiger partial charge in [-0.05, 0) is 17.7 Å². The quantitative estimate of drug-likeness (QED) is 0.795. The Morgan fingerprint density at radius 1 is 1.21 bits per heavy atom. The predicted molar refractivity (Wildman–Crippen MR) is 78.0 cm³/mol. The van der Waals surface area contributed by atoms with Crippen molar-refractivity contribution in [1.29, 1.82) is 0 Å². The normalized spacial score (nSPS) is 11.2. The molecular weight excluding hydrogens is 262 g/mol. The van der Waals surface area contributed by atoms with E-state index in [9.17, 15) is 9.59 Å². The van der Waals surface area contributed by atoms with Crippen molar-refractivity contribution in [3.63, 3.8) is 0 Å². The first-order chi connectivity index (χ1) is 9.02. The topological polar surface area (TPSA) is 56.9 Å². The summed E-state index contributed by atoms with van der Waals surface area (Å²) >= 11 is 1.62. The number of aryl methyl sites for hydroxylation is 2. The lowest BCUT2D eigenvalue weighted by molar-refractivity contribution is 0.705. The Bertz CT molecular complexity index is 746. The number of hydrogen-bond acceptors (Lipinski definition) is 4. The van der Waals surface area contributed by atoms with Crippen LogP contribution < -0.4 is 11.2 Å². The molecule has 0 unspecified atom stereocenters. The highest BCUT2D eigenvalue weighted by atomic mass is 32.2. The maximum absolute atomic E-state index is 12.4. The molecule has 0 N–H and O–H groups in total. The minimum Gasteiger partial charge on any atom is -0.280 e. The molecule has 0 aliphatic rings. The Hall–Kier alpha value is -1.56. The first-order valence-electron chi connectivity index (χ1n) is 6.23. The molecule has 0 fully saturated rings. The predicted octanol–water partition coefficient (Wildman–Crippen LogP) is 1.31. The van der Waals surface area contributed by atoms with E-state index >= 15 is 0 Å². The smallest absolute Gasteiger partial charge is 0.280 e. The summed E-state index contributed by atoms with van der Waals surface area (Å²) in [7, 11) is 3.15. The van der Waals surface area contributed by atoms with Gasteiger partial charge in [0.25, 0.3) is 5.56 Å². The van der Waals surface area contributed by atoms with Gasteiger partial charge in [0.2, 0.25) is 0 Å². The molecule has 6 heteroatoms. The molecule has 0 amide bonds. The van der Waals surface area contributed by atoms with Crippen LogP contribution in [0.3, 0.4) is 0 Å². The molecule has 0 saturated heterocycles. The zero-order valence-corrected chi connectivity index (χ0v) is 12.4. The van der Waals surface area contributed by atoms with Gasteiger partial charge >= 0.3 is 5.69 Å². The van der Waals surface area contributed by atoms with Crippen LogP contribution >= 0.6 is 11.8 Å². The van der Waals surface area contributed by atoms with Gasteiger partial charge in [-0.25, -0.2) is 9.78 Å². The average Bonchev–Trinajstić information content (AvgIpc) is 2.42. The molecule has 0 aromatic carbocycles. The maximum atomic E-state index is 12.4. The first-order valence-corrected chi connectivity index (χ1v) is 7.21. The molecule has 5 nitrogen and oxygen atoms in total. The van der Waals surface area contributed by atoms with Crippen molar-refractivity contribution in [2.24, 2.45) is 14.1 Å². The molecule has 2 aromatic heterocycles. The van der Waals surface area contributed by atoms with E-state index in [4.69, 9.17) is 0 Å². The molecule has 0 bridgehead atoms. The molecule has 0 aliphatic carbocycles. The van der Waals surface area contributed by atoms with Crippen molar-refractivity contribution in [2.75, 3.05) is 5.75 Å². The number of hydrogen-bond donors (Lipinski definition) is 0. The number of pyridine rings is 1. The summed E-state index contributed by atoms with van der Waals surface area (Å²) in [5.41, 5.74) is 0.898. The van der Waals surface area contributed by atoms with Crippen LogP contribution in [-0.2, 0) is 20.5 Å². The summed E-state index contributed by atoms with van der Waals surface area (Å²) in [5.74, 6) is 0.873. The standard InChI is InChI=1S/C13H17N3O2S/c1-5-8-7-14-11-9(10(8)19-6-2)12(17)16(4)13(18)15(11)3/h7H,5-6H2,1-4H3. The van der Waals surface area contributed by atoms with Gasteiger partial charge in [0, 0.05) is 25.2 Å². The molecule has 0 aliphatic heterocycles. The minimum absolute atomic E-state index is 0.267. The molecule has 0 spiro atoms. The Kier molecular flexibility index (Phi) is 3.80. The van der Waals surface area contributed by atoms with E-state index in [0.29, 0.717) is 11.0 Å². The van der Waals surface area contributed by atoms with Crippen LogP contribution in [-0.4, -0.2) is 19.9 Å². The van der Waals surface area contributed by atoms with Gasteiger partial charge in [-0.2, -0.15) is 0 Å². The van der Waals surface area contributed by atoms with Gasteiger partial charge in [0.15, 0.2) is 0 Å². The van der Waals surface area contributed by atoms with Crippen LogP contribution in [0.5, 0.6) is 0 Å². The van der Waals surface area contributed by atoms with Crippen molar-refractivity contribution in [3.8, 4) is 0 Å². The van der Waals surface area contributed by atoms with Crippen molar-refractivity contribution < 1.29 is 0 Å². The molecule has 2 rings (SSSR count). The molecule has 2 heterocycles. The second kappa shape index (κ2) is 5.21. The second-order valence-corrected chi connectivity index (χ2v) is 5.58. The number of thioether (sulfide) groups is 1. The minimum atomic E-state index is -0.346. The fraction of sp³-hybridized carbons (Fsp3) is 0.462. The average molecular weight is 279 g/mol. The summed E-state index contributed by atoms with van der Waals surface area (Å²) in [4.78, 5) is 29.5. The Labute approximate surface area is 115 Å². The van der Waals surface area contributed by atoms with Crippen LogP contribution in [0.2, 0.25) is 0 Å². The SMILES string of the molecule is CCSc1c(CC)cnc2c1c(=O)n(C)c(=O)n2C. The molecule has 102 valence electrons. The second-order valence-electron chi connectivity index (χ2n) is 4.30. The highest BCUT2D eigenvalue weighted by molar-refractivity contribution is 7.99. The number of aromatic nitrogens is 3. The van der Waals surface area contributed by atoms with E-state index in [-0.39, 0.29) is 11.2 Å². The third-order valence-electron chi connectivity index (χ3n) is 3.16. The van der Waals surface area contributed by atoms with Gasteiger partial charge in [-0.3, -0.25) is 13.9 Å². The zero-order chi connectivity index (χ0) is 14.2. The van der Waals surface area contributed by atoms with Crippen LogP contribution in [0, 0.1) is 0 Å². The third-order valence-corrected chi connectivity index (χ3v) is 4.21. The first kappa shape index (κ1) is 13.9. The van der Waals surface area contributed by atoms with Crippen LogP contribution in [0.15, 0.2) is 20.7 Å². The lowest BCUT2D eigenvalue weighted by atomic mass is 10.2. The molecule has 0 radical (unpaired) electrons. The van der Waals surface area contributed by atoms with Gasteiger partial charge < -0.3 is 0 Å². The zero-order valence-electron chi connectivity index (χ0n) is 11.6. The fourth-order valence-electron chi connectivity index (χ4n) is 2.10. The van der Waals surface area contributed by atoms with E-state index in [1.165, 1.54) is 11.6 Å². The number of fused-ring (bicyclic) bond motifs is 1. The Balaban J connectivity index is 3.04. The van der Waals surface area contributed by atoms with E-state index in [2.05, 4.69) is 4.98 Å². The van der Waals surface area contributed by atoms with E-state index in [0.717, 1.165) is 27.2 Å². The van der Waals surface area contributed by atoms with Crippen LogP contribution in [0.25, 0.3) is 11.0 Å². The summed E-state index contributed by atoms with van der Waals surface area (Å²) in [6.45, 7) is 4.08. The van der Waals surface area contributed by atoms with Crippen molar-refractivity contribution >= 4 is 22.8 Å². The highest BCUT2D eigenvalue weighted by Gasteiger charge is 2.16. The summed E-state index contributed by atoms with van der Waals surface area (Å²) < 4.78 is 2.57. The van der Waals surface area contributed by atoms with Crippen molar-refractivity contribution in [1.82, 2.24) is 14.1 Å². The number of rotatable bonds is 3. The van der Waals surface area contributed by atoms with Gasteiger partial charge in [0.05, 0.1) is 5.39 Å². The van der Waals surface area contributed by atoms with Gasteiger partial charge in [0.1, 0.15) is 5.65 Å². The lowest BCUT2D eigenvalue weighted by Gasteiger charge is -2.12. The van der Waals surface area contributed by atoms with Crippen LogP contribution in [0.1, 0.15) is 19.4 Å². The molecule has 19 heavy (non-hydrogen) atoms. The molecule has 2 aromatic rings. The Morgan fingerprint density at radius 3 is 2.47 bits per heavy atom. The van der Waals surface area contributed by atoms with Crippen molar-refractivity contribution in [2.45, 2.75) is 25.2 Å². The van der Waals surface area contributed by atoms with Gasteiger partial charge in [-0.15, -0.1) is 11.8 Å². The summed E-state index contributed by atoms with van der Waals surface area (Å²) in [6.07, 6.45) is 2.58. The van der Waals surface area contributed by atoms with E-state index in [1.807, 2.05) is 13.8 Å². The monoisotopic (exact) mass is 279 g/mol. The summed E-state index contributed by atoms with van der Waals surface area (Å²) in [5, 5.41) is 0.552. The molecular formula is C13H17N3O2S. The maximum Gasteiger partial charge on any atom is 0.332 e. The lowest BCUT2D eigenvalue weighted by Crippen LogP contribution is -2.37. The fourth-order valence-corrected chi connectivity index (χ4v) is 3.10. The molecule has 0 saturated carbocycles. The van der Waals surface area contributed by atoms with E-state index < -0.39 is 0 Å². The molecule has 0 atom stereocenters. The largest absolute Gasteiger partial charge is 0.332 e.